The Morgan fingerprint density at radius 2 is 0.788 bits per heavy atom. The fraction of sp³-hybridized carbons (Fsp3) is 0.812. The number of aliphatic hydroxyl groups is 2. The van der Waals surface area contributed by atoms with Crippen molar-refractivity contribution in [1.82, 2.24) is 5.32 Å². The van der Waals surface area contributed by atoms with Crippen LogP contribution in [0.4, 0.5) is 0 Å². The highest BCUT2D eigenvalue weighted by molar-refractivity contribution is 5.76. The molecule has 0 aliphatic rings. The quantitative estimate of drug-likeness (QED) is 0.0434. The van der Waals surface area contributed by atoms with Gasteiger partial charge in [0.05, 0.1) is 18.8 Å². The molecule has 0 aromatic rings. The Hall–Kier alpha value is -1.65. The van der Waals surface area contributed by atoms with E-state index in [0.717, 1.165) is 44.9 Å². The second-order valence-electron chi connectivity index (χ2n) is 15.4. The molecule has 52 heavy (non-hydrogen) atoms. The van der Waals surface area contributed by atoms with Crippen LogP contribution in [-0.4, -0.2) is 34.9 Å². The maximum atomic E-state index is 12.4. The van der Waals surface area contributed by atoms with Crippen molar-refractivity contribution in [1.29, 1.82) is 0 Å². The number of nitrogens with one attached hydrogen (secondary N) is 1. The molecule has 2 unspecified atom stereocenters. The summed E-state index contributed by atoms with van der Waals surface area (Å²) < 4.78 is 0. The summed E-state index contributed by atoms with van der Waals surface area (Å²) in [6, 6.07) is -0.644. The molecule has 0 radical (unpaired) electrons. The van der Waals surface area contributed by atoms with E-state index >= 15 is 0 Å². The van der Waals surface area contributed by atoms with Crippen LogP contribution in [0, 0.1) is 0 Å². The topological polar surface area (TPSA) is 69.6 Å². The van der Waals surface area contributed by atoms with Crippen molar-refractivity contribution in [3.05, 3.63) is 48.6 Å². The first-order valence-corrected chi connectivity index (χ1v) is 22.9. The largest absolute Gasteiger partial charge is 0.394 e. The fourth-order valence-electron chi connectivity index (χ4n) is 6.74. The fourth-order valence-corrected chi connectivity index (χ4v) is 6.74. The van der Waals surface area contributed by atoms with Gasteiger partial charge in [-0.2, -0.15) is 0 Å². The van der Waals surface area contributed by atoms with Crippen molar-refractivity contribution in [2.24, 2.45) is 0 Å². The van der Waals surface area contributed by atoms with E-state index in [0.29, 0.717) is 6.42 Å². The van der Waals surface area contributed by atoms with Crippen LogP contribution in [0.3, 0.4) is 0 Å². The summed E-state index contributed by atoms with van der Waals surface area (Å²) >= 11 is 0. The second-order valence-corrected chi connectivity index (χ2v) is 15.4. The number of hydrogen-bond donors (Lipinski definition) is 3. The molecular weight excluding hydrogens is 639 g/mol. The summed E-state index contributed by atoms with van der Waals surface area (Å²) in [4.78, 5) is 12.4. The third-order valence-corrected chi connectivity index (χ3v) is 10.2. The molecule has 4 nitrogen and oxygen atoms in total. The first-order valence-electron chi connectivity index (χ1n) is 22.9. The Bertz CT molecular complexity index is 831. The average molecular weight is 728 g/mol. The van der Waals surface area contributed by atoms with Crippen molar-refractivity contribution in [3.63, 3.8) is 0 Å². The van der Waals surface area contributed by atoms with Gasteiger partial charge in [0.15, 0.2) is 0 Å². The van der Waals surface area contributed by atoms with Gasteiger partial charge in [-0.05, 0) is 64.2 Å². The number of allylic oxidation sites excluding steroid dienone is 7. The van der Waals surface area contributed by atoms with Crippen LogP contribution in [0.2, 0.25) is 0 Å². The zero-order valence-electron chi connectivity index (χ0n) is 34.8. The van der Waals surface area contributed by atoms with Gasteiger partial charge >= 0.3 is 0 Å². The second kappa shape index (κ2) is 43.8. The number of unbranched alkanes of at least 4 members (excludes halogenated alkanes) is 28. The number of carbonyl (C=O) groups excluding carboxylic acids is 1. The van der Waals surface area contributed by atoms with Crippen molar-refractivity contribution in [3.8, 4) is 0 Å². The van der Waals surface area contributed by atoms with E-state index in [1.165, 1.54) is 167 Å². The lowest BCUT2D eigenvalue weighted by atomic mass is 10.0. The van der Waals surface area contributed by atoms with Crippen LogP contribution in [0.25, 0.3) is 0 Å². The molecule has 0 heterocycles. The molecule has 0 saturated carbocycles. The third kappa shape index (κ3) is 39.6. The van der Waals surface area contributed by atoms with Crippen LogP contribution in [-0.2, 0) is 4.79 Å². The zero-order chi connectivity index (χ0) is 37.8. The van der Waals surface area contributed by atoms with Gasteiger partial charge in [0, 0.05) is 6.42 Å². The number of aliphatic hydroxyl groups excluding tert-OH is 2. The number of amides is 1. The monoisotopic (exact) mass is 728 g/mol. The number of hydrogen-bond acceptors (Lipinski definition) is 3. The maximum Gasteiger partial charge on any atom is 0.220 e. The molecule has 0 spiro atoms. The van der Waals surface area contributed by atoms with E-state index in [9.17, 15) is 15.0 Å². The van der Waals surface area contributed by atoms with Crippen LogP contribution in [0.5, 0.6) is 0 Å². The van der Waals surface area contributed by atoms with Gasteiger partial charge in [0.2, 0.25) is 5.91 Å². The molecule has 0 aromatic heterocycles. The first kappa shape index (κ1) is 50.4. The average Bonchev–Trinajstić information content (AvgIpc) is 3.15. The smallest absolute Gasteiger partial charge is 0.220 e. The minimum Gasteiger partial charge on any atom is -0.394 e. The highest BCUT2D eigenvalue weighted by Crippen LogP contribution is 2.15. The van der Waals surface area contributed by atoms with Gasteiger partial charge < -0.3 is 15.5 Å². The molecule has 0 aromatic carbocycles. The first-order chi connectivity index (χ1) is 25.7. The molecule has 0 fully saturated rings. The molecule has 0 saturated heterocycles. The van der Waals surface area contributed by atoms with Crippen LogP contribution >= 0.6 is 0 Å². The Kier molecular flexibility index (Phi) is 42.4. The lowest BCUT2D eigenvalue weighted by molar-refractivity contribution is -0.123. The van der Waals surface area contributed by atoms with Crippen molar-refractivity contribution < 1.29 is 15.0 Å². The zero-order valence-corrected chi connectivity index (χ0v) is 34.8. The Balaban J connectivity index is 3.48. The van der Waals surface area contributed by atoms with Crippen LogP contribution in [0.15, 0.2) is 48.6 Å². The van der Waals surface area contributed by atoms with Crippen molar-refractivity contribution in [2.45, 2.75) is 244 Å². The molecule has 1 amide bonds. The number of rotatable bonds is 41. The summed E-state index contributed by atoms with van der Waals surface area (Å²) in [6.45, 7) is 4.22. The van der Waals surface area contributed by atoms with Gasteiger partial charge in [-0.15, -0.1) is 0 Å². The van der Waals surface area contributed by atoms with Gasteiger partial charge in [-0.3, -0.25) is 4.79 Å². The predicted octanol–water partition coefficient (Wildman–Crippen LogP) is 14.4. The predicted molar refractivity (Wildman–Crippen MR) is 230 cm³/mol. The molecule has 4 heteroatoms. The SMILES string of the molecule is CCC/C=C/CC/C=C/CC/C=C/C(O)C(CO)NC(=O)CCCCCCCCCCCCCCC/C=C\CCCCCCCCCCCCCC. The van der Waals surface area contributed by atoms with E-state index in [-0.39, 0.29) is 12.5 Å². The third-order valence-electron chi connectivity index (χ3n) is 10.2. The standard InChI is InChI=1S/C48H89NO3/c1-3-5-7-9-11-13-15-16-17-18-19-20-21-22-23-24-25-26-27-28-29-30-31-32-34-36-38-40-42-44-48(52)49-46(45-50)47(51)43-41-39-37-35-33-14-12-10-8-6-4-2/h8,10,22-23,33,35,41,43,46-47,50-51H,3-7,9,11-21,24-32,34,36-40,42,44-45H2,1-2H3,(H,49,52)/b10-8+,23-22-,35-33+,43-41+. The highest BCUT2D eigenvalue weighted by atomic mass is 16.3. The van der Waals surface area contributed by atoms with Crippen molar-refractivity contribution in [2.75, 3.05) is 6.61 Å². The maximum absolute atomic E-state index is 12.4. The minimum atomic E-state index is -0.868. The summed E-state index contributed by atoms with van der Waals surface area (Å²) in [7, 11) is 0. The molecule has 0 aliphatic carbocycles. The van der Waals surface area contributed by atoms with Gasteiger partial charge in [0.1, 0.15) is 0 Å². The lowest BCUT2D eigenvalue weighted by Gasteiger charge is -2.19. The van der Waals surface area contributed by atoms with Crippen LogP contribution < -0.4 is 5.32 Å². The summed E-state index contributed by atoms with van der Waals surface area (Å²) in [5, 5.41) is 22.9. The lowest BCUT2D eigenvalue weighted by Crippen LogP contribution is -2.45. The molecule has 2 atom stereocenters. The molecule has 0 rings (SSSR count). The van der Waals surface area contributed by atoms with E-state index in [1.807, 2.05) is 6.08 Å². The van der Waals surface area contributed by atoms with E-state index < -0.39 is 12.1 Å². The normalized spacial score (nSPS) is 13.4. The van der Waals surface area contributed by atoms with Gasteiger partial charge in [-0.1, -0.05) is 210 Å². The van der Waals surface area contributed by atoms with Crippen molar-refractivity contribution >= 4 is 5.91 Å². The van der Waals surface area contributed by atoms with Crippen LogP contribution in [0.1, 0.15) is 232 Å². The number of carbonyl (C=O) groups is 1. The van der Waals surface area contributed by atoms with Gasteiger partial charge in [0.25, 0.3) is 0 Å². The molecule has 3 N–H and O–H groups in total. The summed E-state index contributed by atoms with van der Waals surface area (Å²) in [5.41, 5.74) is 0. The highest BCUT2D eigenvalue weighted by Gasteiger charge is 2.17. The van der Waals surface area contributed by atoms with E-state index in [1.54, 1.807) is 6.08 Å². The minimum absolute atomic E-state index is 0.0797. The van der Waals surface area contributed by atoms with Gasteiger partial charge in [-0.25, -0.2) is 0 Å². The van der Waals surface area contributed by atoms with E-state index in [2.05, 4.69) is 55.6 Å². The summed E-state index contributed by atoms with van der Waals surface area (Å²) in [6.07, 6.45) is 59.6. The van der Waals surface area contributed by atoms with E-state index in [4.69, 9.17) is 0 Å². The summed E-state index contributed by atoms with van der Waals surface area (Å²) in [5.74, 6) is -0.0797. The Labute approximate surface area is 324 Å². The Morgan fingerprint density at radius 3 is 1.19 bits per heavy atom. The molecule has 304 valence electrons. The molecule has 0 bridgehead atoms. The Morgan fingerprint density at radius 1 is 0.442 bits per heavy atom. The molecular formula is C48H89NO3. The molecule has 0 aliphatic heterocycles.